The molecule has 17 heavy (non-hydrogen) atoms. The fourth-order valence-corrected chi connectivity index (χ4v) is 0.980. The summed E-state index contributed by atoms with van der Waals surface area (Å²) in [5, 5.41) is 10.4. The largest absolute Gasteiger partial charge is 0.423 e. The van der Waals surface area contributed by atoms with Crippen LogP contribution in [0.3, 0.4) is 0 Å². The molecule has 0 aromatic heterocycles. The summed E-state index contributed by atoms with van der Waals surface area (Å²) >= 11 is 0. The van der Waals surface area contributed by atoms with Crippen molar-refractivity contribution in [1.29, 1.82) is 0 Å². The summed E-state index contributed by atoms with van der Waals surface area (Å²) < 4.78 is 87.4. The van der Waals surface area contributed by atoms with Gasteiger partial charge in [0.25, 0.3) is 0 Å². The van der Waals surface area contributed by atoms with Gasteiger partial charge in [0.15, 0.2) is 11.6 Å². The SMILES string of the molecule is OOOc1c(F)c(F)c(F)c(F)c1C(F)(F)F. The minimum absolute atomic E-state index is 2.16. The maximum atomic E-state index is 12.8. The van der Waals surface area contributed by atoms with Gasteiger partial charge in [-0.2, -0.15) is 17.6 Å². The normalized spacial score (nSPS) is 11.8. The monoisotopic (exact) mass is 266 g/mol. The van der Waals surface area contributed by atoms with Crippen LogP contribution in [0.1, 0.15) is 5.56 Å². The Labute approximate surface area is 87.8 Å². The van der Waals surface area contributed by atoms with Crippen molar-refractivity contribution in [3.63, 3.8) is 0 Å². The maximum Gasteiger partial charge on any atom is 0.423 e. The van der Waals surface area contributed by atoms with Crippen LogP contribution in [0.15, 0.2) is 0 Å². The lowest BCUT2D eigenvalue weighted by Gasteiger charge is -2.13. The van der Waals surface area contributed by atoms with Crippen molar-refractivity contribution in [3.05, 3.63) is 28.8 Å². The molecule has 10 heteroatoms. The third-order valence-corrected chi connectivity index (χ3v) is 1.63. The lowest BCUT2D eigenvalue weighted by Crippen LogP contribution is -2.16. The minimum Gasteiger partial charge on any atom is -0.304 e. The summed E-state index contributed by atoms with van der Waals surface area (Å²) in [7, 11) is 0. The molecule has 0 unspecified atom stereocenters. The fraction of sp³-hybridized carbons (Fsp3) is 0.143. The Morgan fingerprint density at radius 1 is 0.824 bits per heavy atom. The number of rotatable bonds is 2. The molecule has 0 atom stereocenters. The third kappa shape index (κ3) is 2.26. The van der Waals surface area contributed by atoms with E-state index in [0.29, 0.717) is 0 Å². The Balaban J connectivity index is 3.66. The van der Waals surface area contributed by atoms with Crippen molar-refractivity contribution in [2.24, 2.45) is 0 Å². The quantitative estimate of drug-likeness (QED) is 0.294. The summed E-state index contributed by atoms with van der Waals surface area (Å²) in [6, 6.07) is 0. The van der Waals surface area contributed by atoms with Crippen LogP contribution in [-0.4, -0.2) is 5.26 Å². The highest BCUT2D eigenvalue weighted by molar-refractivity contribution is 5.39. The molecule has 1 aromatic rings. The van der Waals surface area contributed by atoms with E-state index in [0.717, 1.165) is 0 Å². The summed E-state index contributed by atoms with van der Waals surface area (Å²) in [5.41, 5.74) is -2.58. The van der Waals surface area contributed by atoms with Gasteiger partial charge >= 0.3 is 6.18 Å². The van der Waals surface area contributed by atoms with E-state index in [1.165, 1.54) is 0 Å². The van der Waals surface area contributed by atoms with E-state index in [9.17, 15) is 30.7 Å². The Bertz CT molecular complexity index is 442. The molecule has 0 spiro atoms. The number of hydrogen-bond acceptors (Lipinski definition) is 3. The van der Waals surface area contributed by atoms with Crippen LogP contribution in [0.2, 0.25) is 0 Å². The van der Waals surface area contributed by atoms with Crippen molar-refractivity contribution in [2.45, 2.75) is 6.18 Å². The van der Waals surface area contributed by atoms with Crippen molar-refractivity contribution in [1.82, 2.24) is 0 Å². The predicted octanol–water partition coefficient (Wildman–Crippen LogP) is 3.05. The Hall–Kier alpha value is -1.55. The third-order valence-electron chi connectivity index (χ3n) is 1.63. The van der Waals surface area contributed by atoms with Gasteiger partial charge in [0.2, 0.25) is 17.4 Å². The van der Waals surface area contributed by atoms with Crippen LogP contribution in [0, 0.1) is 23.3 Å². The Morgan fingerprint density at radius 3 is 1.71 bits per heavy atom. The molecule has 0 fully saturated rings. The number of benzene rings is 1. The molecular formula is C7HF7O3. The summed E-state index contributed by atoms with van der Waals surface area (Å²) in [6.07, 6.45) is -5.59. The molecule has 0 heterocycles. The molecule has 0 bridgehead atoms. The first kappa shape index (κ1) is 13.5. The van der Waals surface area contributed by atoms with E-state index in [4.69, 9.17) is 5.26 Å². The van der Waals surface area contributed by atoms with Crippen LogP contribution in [0.5, 0.6) is 5.75 Å². The van der Waals surface area contributed by atoms with E-state index < -0.39 is 40.8 Å². The highest BCUT2D eigenvalue weighted by Gasteiger charge is 2.43. The van der Waals surface area contributed by atoms with E-state index in [2.05, 4.69) is 9.93 Å². The molecule has 0 aliphatic carbocycles. The van der Waals surface area contributed by atoms with Crippen molar-refractivity contribution in [3.8, 4) is 5.75 Å². The minimum atomic E-state index is -5.59. The zero-order valence-electron chi connectivity index (χ0n) is 7.41. The zero-order chi connectivity index (χ0) is 13.4. The summed E-state index contributed by atoms with van der Waals surface area (Å²) in [6.45, 7) is 0. The molecule has 1 N–H and O–H groups in total. The molecule has 0 radical (unpaired) electrons. The van der Waals surface area contributed by atoms with E-state index >= 15 is 0 Å². The van der Waals surface area contributed by atoms with Gasteiger partial charge in [-0.15, -0.1) is 0 Å². The topological polar surface area (TPSA) is 38.7 Å². The van der Waals surface area contributed by atoms with Gasteiger partial charge in [-0.25, -0.2) is 18.4 Å². The second-order valence-electron chi connectivity index (χ2n) is 2.62. The number of hydrogen-bond donors (Lipinski definition) is 1. The zero-order valence-corrected chi connectivity index (χ0v) is 7.41. The first-order valence-electron chi connectivity index (χ1n) is 3.63. The van der Waals surface area contributed by atoms with Crippen LogP contribution in [0.4, 0.5) is 30.7 Å². The molecule has 0 saturated carbocycles. The Morgan fingerprint density at radius 2 is 1.29 bits per heavy atom. The van der Waals surface area contributed by atoms with Gasteiger partial charge in [-0.1, -0.05) is 0 Å². The second-order valence-corrected chi connectivity index (χ2v) is 2.62. The van der Waals surface area contributed by atoms with Gasteiger partial charge in [0, 0.05) is 0 Å². The summed E-state index contributed by atoms with van der Waals surface area (Å²) in [5.74, 6) is -12.6. The van der Waals surface area contributed by atoms with Gasteiger partial charge < -0.3 is 4.89 Å². The number of halogens is 7. The van der Waals surface area contributed by atoms with Crippen molar-refractivity contribution in [2.75, 3.05) is 0 Å². The Kier molecular flexibility index (Phi) is 3.48. The summed E-state index contributed by atoms with van der Waals surface area (Å²) in [4.78, 5) is 3.22. The standard InChI is InChI=1S/C7HF7O3/c8-2-1(7(12,13)14)6(16-17-15)5(11)4(10)3(2)9/h15H. The average Bonchev–Trinajstić information content (AvgIpc) is 2.21. The van der Waals surface area contributed by atoms with E-state index in [1.807, 2.05) is 0 Å². The van der Waals surface area contributed by atoms with E-state index in [1.54, 1.807) is 0 Å². The van der Waals surface area contributed by atoms with Crippen LogP contribution < -0.4 is 4.89 Å². The molecule has 96 valence electrons. The maximum absolute atomic E-state index is 12.8. The van der Waals surface area contributed by atoms with Crippen molar-refractivity contribution >= 4 is 0 Å². The second kappa shape index (κ2) is 4.37. The fourth-order valence-electron chi connectivity index (χ4n) is 0.980. The van der Waals surface area contributed by atoms with Crippen LogP contribution >= 0.6 is 0 Å². The molecule has 3 nitrogen and oxygen atoms in total. The first-order chi connectivity index (χ1) is 7.71. The first-order valence-corrected chi connectivity index (χ1v) is 3.63. The molecule has 1 rings (SSSR count). The average molecular weight is 266 g/mol. The van der Waals surface area contributed by atoms with Gasteiger partial charge in [-0.3, -0.25) is 0 Å². The molecule has 1 aromatic carbocycles. The van der Waals surface area contributed by atoms with Crippen LogP contribution in [-0.2, 0) is 11.2 Å². The highest BCUT2D eigenvalue weighted by Crippen LogP contribution is 2.41. The van der Waals surface area contributed by atoms with E-state index in [-0.39, 0.29) is 0 Å². The smallest absolute Gasteiger partial charge is 0.304 e. The van der Waals surface area contributed by atoms with Gasteiger partial charge in [-0.05, 0) is 5.04 Å². The van der Waals surface area contributed by atoms with Crippen molar-refractivity contribution < 1.29 is 45.9 Å². The lowest BCUT2D eigenvalue weighted by molar-refractivity contribution is -0.440. The lowest BCUT2D eigenvalue weighted by atomic mass is 10.1. The predicted molar refractivity (Wildman–Crippen MR) is 35.6 cm³/mol. The molecular weight excluding hydrogens is 265 g/mol. The number of alkyl halides is 3. The van der Waals surface area contributed by atoms with Crippen LogP contribution in [0.25, 0.3) is 0 Å². The highest BCUT2D eigenvalue weighted by atomic mass is 19.4. The molecule has 0 amide bonds. The molecule has 0 aliphatic rings. The molecule has 0 aliphatic heterocycles. The van der Waals surface area contributed by atoms with Gasteiger partial charge in [0.05, 0.1) is 0 Å². The molecule has 0 saturated heterocycles. The van der Waals surface area contributed by atoms with Gasteiger partial charge in [0.1, 0.15) is 5.56 Å².